The summed E-state index contributed by atoms with van der Waals surface area (Å²) < 4.78 is 5.37. The molecule has 0 aromatic carbocycles. The van der Waals surface area contributed by atoms with E-state index in [0.29, 0.717) is 12.2 Å². The van der Waals surface area contributed by atoms with E-state index in [-0.39, 0.29) is 0 Å². The van der Waals surface area contributed by atoms with Crippen LogP contribution in [0.5, 0.6) is 0 Å². The van der Waals surface area contributed by atoms with Crippen molar-refractivity contribution in [3.8, 4) is 20.9 Å². The Bertz CT molecular complexity index is 913. The summed E-state index contributed by atoms with van der Waals surface area (Å²) in [6.45, 7) is 4.32. The minimum absolute atomic E-state index is 0.332. The number of rotatable bonds is 8. The lowest BCUT2D eigenvalue weighted by Crippen LogP contribution is -2.28. The molecule has 0 radical (unpaired) electrons. The Morgan fingerprint density at radius 1 is 1.11 bits per heavy atom. The summed E-state index contributed by atoms with van der Waals surface area (Å²) in [7, 11) is 0. The molecule has 1 atom stereocenters. The molecule has 0 aliphatic rings. The maximum Gasteiger partial charge on any atom is 0.330 e. The molecule has 1 unspecified atom stereocenters. The third-order valence-electron chi connectivity index (χ3n) is 4.47. The topological polar surface area (TPSA) is 84.3 Å². The second-order valence-electron chi connectivity index (χ2n) is 6.35. The summed E-state index contributed by atoms with van der Waals surface area (Å²) in [5.41, 5.74) is 5.74. The number of pyridine rings is 2. The van der Waals surface area contributed by atoms with Gasteiger partial charge in [0, 0.05) is 40.1 Å². The van der Waals surface area contributed by atoms with E-state index in [1.165, 1.54) is 0 Å². The van der Waals surface area contributed by atoms with Crippen LogP contribution in [0.1, 0.15) is 36.9 Å². The van der Waals surface area contributed by atoms with E-state index in [9.17, 15) is 10.0 Å². The van der Waals surface area contributed by atoms with Crippen LogP contribution in [-0.2, 0) is 9.53 Å². The fraction of sp³-hybridized carbons (Fsp3) is 0.286. The minimum atomic E-state index is -0.966. The number of aromatic nitrogens is 2. The zero-order chi connectivity index (χ0) is 19.9. The number of hydrogen-bond acceptors (Lipinski definition) is 7. The fourth-order valence-corrected chi connectivity index (χ4v) is 4.36. The SMILES string of the molecule is CCCCOC(=O)C(NO)c1c(-c2ccncc2)sc(-c2ccncc2)c1C. The van der Waals surface area contributed by atoms with Crippen molar-refractivity contribution in [1.29, 1.82) is 0 Å². The van der Waals surface area contributed by atoms with Gasteiger partial charge in [0.15, 0.2) is 6.04 Å². The number of ether oxygens (including phenoxy) is 1. The third kappa shape index (κ3) is 4.27. The van der Waals surface area contributed by atoms with E-state index < -0.39 is 12.0 Å². The standard InChI is InChI=1S/C21H23N3O3S/c1-3-4-13-27-21(25)18(24-26)17-14(2)19(15-5-9-22-10-6-15)28-20(17)16-7-11-23-12-8-16/h5-12,18,24,26H,3-4,13H2,1-2H3. The molecule has 0 bridgehead atoms. The summed E-state index contributed by atoms with van der Waals surface area (Å²) in [4.78, 5) is 22.7. The zero-order valence-electron chi connectivity index (χ0n) is 15.9. The first-order valence-corrected chi connectivity index (χ1v) is 9.99. The monoisotopic (exact) mass is 397 g/mol. The molecule has 0 saturated carbocycles. The van der Waals surface area contributed by atoms with Crippen LogP contribution < -0.4 is 5.48 Å². The fourth-order valence-electron chi connectivity index (χ4n) is 3.01. The molecular weight excluding hydrogens is 374 g/mol. The summed E-state index contributed by atoms with van der Waals surface area (Å²) in [6, 6.07) is 6.68. The average molecular weight is 398 g/mol. The van der Waals surface area contributed by atoms with E-state index in [2.05, 4.69) is 15.4 Å². The number of carbonyl (C=O) groups is 1. The van der Waals surface area contributed by atoms with Crippen molar-refractivity contribution >= 4 is 17.3 Å². The molecule has 146 valence electrons. The number of carbonyl (C=O) groups excluding carboxylic acids is 1. The predicted octanol–water partition coefficient (Wildman–Crippen LogP) is 4.54. The molecule has 7 heteroatoms. The maximum absolute atomic E-state index is 12.7. The van der Waals surface area contributed by atoms with Gasteiger partial charge in [-0.2, -0.15) is 5.48 Å². The van der Waals surface area contributed by atoms with Crippen molar-refractivity contribution in [2.24, 2.45) is 0 Å². The molecule has 3 rings (SSSR count). The van der Waals surface area contributed by atoms with Crippen LogP contribution >= 0.6 is 11.3 Å². The molecule has 6 nitrogen and oxygen atoms in total. The second kappa shape index (κ2) is 9.54. The molecule has 3 aromatic rings. The largest absolute Gasteiger partial charge is 0.464 e. The van der Waals surface area contributed by atoms with Crippen molar-refractivity contribution in [3.05, 3.63) is 60.2 Å². The van der Waals surface area contributed by atoms with E-state index in [1.807, 2.05) is 38.1 Å². The number of nitrogens with zero attached hydrogens (tertiary/aromatic N) is 2. The van der Waals surface area contributed by atoms with Gasteiger partial charge < -0.3 is 9.94 Å². The van der Waals surface area contributed by atoms with Crippen LogP contribution in [0.3, 0.4) is 0 Å². The predicted molar refractivity (Wildman–Crippen MR) is 109 cm³/mol. The van der Waals surface area contributed by atoms with Crippen molar-refractivity contribution in [1.82, 2.24) is 15.4 Å². The zero-order valence-corrected chi connectivity index (χ0v) is 16.7. The molecule has 28 heavy (non-hydrogen) atoms. The normalized spacial score (nSPS) is 12.0. The van der Waals surface area contributed by atoms with E-state index in [0.717, 1.165) is 39.3 Å². The minimum Gasteiger partial charge on any atom is -0.464 e. The van der Waals surface area contributed by atoms with Crippen molar-refractivity contribution < 1.29 is 14.7 Å². The number of hydroxylamine groups is 1. The highest BCUT2D eigenvalue weighted by Gasteiger charge is 2.30. The first kappa shape index (κ1) is 20.1. The van der Waals surface area contributed by atoms with Gasteiger partial charge in [-0.15, -0.1) is 11.3 Å². The number of nitrogens with one attached hydrogen (secondary N) is 1. The van der Waals surface area contributed by atoms with E-state index in [1.54, 1.807) is 36.1 Å². The highest BCUT2D eigenvalue weighted by Crippen LogP contribution is 2.44. The quantitative estimate of drug-likeness (QED) is 0.330. The molecule has 2 N–H and O–H groups in total. The Morgan fingerprint density at radius 3 is 2.21 bits per heavy atom. The molecule has 0 fully saturated rings. The molecule has 0 spiro atoms. The third-order valence-corrected chi connectivity index (χ3v) is 5.88. The summed E-state index contributed by atoms with van der Waals surface area (Å²) >= 11 is 1.57. The van der Waals surface area contributed by atoms with Gasteiger partial charge in [-0.05, 0) is 54.3 Å². The molecule has 0 aliphatic heterocycles. The van der Waals surface area contributed by atoms with Gasteiger partial charge in [-0.3, -0.25) is 9.97 Å². The Balaban J connectivity index is 2.09. The number of esters is 1. The Labute approximate surface area is 168 Å². The maximum atomic E-state index is 12.7. The van der Waals surface area contributed by atoms with Crippen LogP contribution in [0.25, 0.3) is 20.9 Å². The molecule has 0 amide bonds. The lowest BCUT2D eigenvalue weighted by Gasteiger charge is -2.17. The van der Waals surface area contributed by atoms with Crippen molar-refractivity contribution in [3.63, 3.8) is 0 Å². The first-order valence-electron chi connectivity index (χ1n) is 9.17. The molecule has 3 aromatic heterocycles. The highest BCUT2D eigenvalue weighted by molar-refractivity contribution is 7.19. The Kier molecular flexibility index (Phi) is 6.86. The van der Waals surface area contributed by atoms with Crippen molar-refractivity contribution in [2.45, 2.75) is 32.7 Å². The summed E-state index contributed by atoms with van der Waals surface area (Å²) in [5.74, 6) is -0.492. The Hall–Kier alpha value is -2.61. The van der Waals surface area contributed by atoms with Gasteiger partial charge >= 0.3 is 5.97 Å². The highest BCUT2D eigenvalue weighted by atomic mass is 32.1. The lowest BCUT2D eigenvalue weighted by molar-refractivity contribution is -0.149. The average Bonchev–Trinajstić information content (AvgIpc) is 3.07. The van der Waals surface area contributed by atoms with Gasteiger partial charge in [0.2, 0.25) is 0 Å². The molecule has 0 saturated heterocycles. The van der Waals surface area contributed by atoms with E-state index in [4.69, 9.17) is 4.74 Å². The number of hydrogen-bond donors (Lipinski definition) is 2. The first-order chi connectivity index (χ1) is 13.7. The van der Waals surface area contributed by atoms with Gasteiger partial charge in [0.1, 0.15) is 0 Å². The Morgan fingerprint density at radius 2 is 1.68 bits per heavy atom. The van der Waals surface area contributed by atoms with Crippen LogP contribution in [0.15, 0.2) is 49.1 Å². The number of thiophene rings is 1. The van der Waals surface area contributed by atoms with Gasteiger partial charge in [0.25, 0.3) is 0 Å². The number of unbranched alkanes of at least 4 members (excludes halogenated alkanes) is 1. The van der Waals surface area contributed by atoms with E-state index >= 15 is 0 Å². The van der Waals surface area contributed by atoms with Crippen LogP contribution in [0.4, 0.5) is 0 Å². The van der Waals surface area contributed by atoms with Crippen molar-refractivity contribution in [2.75, 3.05) is 6.61 Å². The molecule has 0 aliphatic carbocycles. The molecule has 3 heterocycles. The summed E-state index contributed by atoms with van der Waals surface area (Å²) in [5, 5.41) is 9.81. The van der Waals surface area contributed by atoms with Crippen LogP contribution in [-0.4, -0.2) is 27.8 Å². The van der Waals surface area contributed by atoms with Crippen LogP contribution in [0, 0.1) is 6.92 Å². The van der Waals surface area contributed by atoms with Gasteiger partial charge in [-0.25, -0.2) is 4.79 Å². The van der Waals surface area contributed by atoms with Gasteiger partial charge in [-0.1, -0.05) is 13.3 Å². The molecular formula is C21H23N3O3S. The lowest BCUT2D eigenvalue weighted by atomic mass is 9.98. The van der Waals surface area contributed by atoms with Gasteiger partial charge in [0.05, 0.1) is 6.61 Å². The van der Waals surface area contributed by atoms with Crippen LogP contribution in [0.2, 0.25) is 0 Å². The summed E-state index contributed by atoms with van der Waals surface area (Å²) in [6.07, 6.45) is 8.60. The second-order valence-corrected chi connectivity index (χ2v) is 7.37. The smallest absolute Gasteiger partial charge is 0.330 e.